The first-order valence-electron chi connectivity index (χ1n) is 5.38. The van der Waals surface area contributed by atoms with Crippen LogP contribution in [0.15, 0.2) is 0 Å². The molecule has 0 bridgehead atoms. The van der Waals surface area contributed by atoms with Gasteiger partial charge in [0.05, 0.1) is 6.54 Å². The molecule has 15 heavy (non-hydrogen) atoms. The molecule has 5 heteroatoms. The van der Waals surface area contributed by atoms with Crippen molar-refractivity contribution in [1.82, 2.24) is 4.90 Å². The zero-order valence-corrected chi connectivity index (χ0v) is 10.6. The summed E-state index contributed by atoms with van der Waals surface area (Å²) in [4.78, 5) is 1.51. The van der Waals surface area contributed by atoms with E-state index in [1.165, 1.54) is 4.90 Å². The van der Waals surface area contributed by atoms with Gasteiger partial charge in [-0.3, -0.25) is 4.90 Å². The largest absolute Gasteiger partial charge is 0.401 e. The quantitative estimate of drug-likeness (QED) is 0.673. The SMILES string of the molecule is CCC1CCN(CC(F)(F)F)CC1.CP. The first-order valence-corrected chi connectivity index (χ1v) is 6.53. The second kappa shape index (κ2) is 7.45. The van der Waals surface area contributed by atoms with Crippen LogP contribution in [0.1, 0.15) is 26.2 Å². The lowest BCUT2D eigenvalue weighted by atomic mass is 9.94. The number of nitrogens with zero attached hydrogens (tertiary/aromatic N) is 1. The molecular formula is C10H21F3NP. The maximum Gasteiger partial charge on any atom is 0.401 e. The molecule has 92 valence electrons. The van der Waals surface area contributed by atoms with Crippen LogP contribution in [0.3, 0.4) is 0 Å². The Morgan fingerprint density at radius 1 is 1.20 bits per heavy atom. The second-order valence-electron chi connectivity index (χ2n) is 3.74. The van der Waals surface area contributed by atoms with Crippen molar-refractivity contribution in [1.29, 1.82) is 0 Å². The number of piperidine rings is 1. The zero-order chi connectivity index (χ0) is 11.9. The highest BCUT2D eigenvalue weighted by atomic mass is 31.0. The summed E-state index contributed by atoms with van der Waals surface area (Å²) in [6.07, 6.45) is -1.09. The van der Waals surface area contributed by atoms with E-state index >= 15 is 0 Å². The van der Waals surface area contributed by atoms with Gasteiger partial charge in [0.15, 0.2) is 0 Å². The number of likely N-dealkylation sites (tertiary alicyclic amines) is 1. The zero-order valence-electron chi connectivity index (χ0n) is 9.48. The molecule has 0 aliphatic carbocycles. The Hall–Kier alpha value is 0.180. The molecule has 1 rings (SSSR count). The fourth-order valence-corrected chi connectivity index (χ4v) is 1.81. The Balaban J connectivity index is 0.000000921. The third kappa shape index (κ3) is 7.13. The minimum atomic E-state index is -4.03. The predicted octanol–water partition coefficient (Wildman–Crippen LogP) is 3.16. The van der Waals surface area contributed by atoms with E-state index in [2.05, 4.69) is 16.2 Å². The normalized spacial score (nSPS) is 19.6. The number of alkyl halides is 3. The van der Waals surface area contributed by atoms with Gasteiger partial charge in [-0.2, -0.15) is 13.2 Å². The maximum atomic E-state index is 12.0. The molecule has 0 spiro atoms. The van der Waals surface area contributed by atoms with E-state index in [1.807, 2.05) is 6.66 Å². The van der Waals surface area contributed by atoms with Gasteiger partial charge < -0.3 is 0 Å². The average molecular weight is 243 g/mol. The predicted molar refractivity (Wildman–Crippen MR) is 61.1 cm³/mol. The van der Waals surface area contributed by atoms with Crippen LogP contribution < -0.4 is 0 Å². The molecular weight excluding hydrogens is 222 g/mol. The van der Waals surface area contributed by atoms with Gasteiger partial charge in [-0.25, -0.2) is 0 Å². The van der Waals surface area contributed by atoms with Gasteiger partial charge in [-0.1, -0.05) is 20.0 Å². The molecule has 1 heterocycles. The Labute approximate surface area is 92.6 Å². The average Bonchev–Trinajstić information content (AvgIpc) is 2.20. The molecule has 1 nitrogen and oxygen atoms in total. The van der Waals surface area contributed by atoms with Crippen molar-refractivity contribution in [2.75, 3.05) is 26.3 Å². The molecule has 1 aliphatic heterocycles. The maximum absolute atomic E-state index is 12.0. The molecule has 0 N–H and O–H groups in total. The first-order chi connectivity index (χ1) is 7.01. The van der Waals surface area contributed by atoms with E-state index in [0.29, 0.717) is 19.0 Å². The smallest absolute Gasteiger partial charge is 0.295 e. The minimum Gasteiger partial charge on any atom is -0.295 e. The van der Waals surface area contributed by atoms with Crippen molar-refractivity contribution in [2.45, 2.75) is 32.4 Å². The second-order valence-corrected chi connectivity index (χ2v) is 3.74. The molecule has 0 radical (unpaired) electrons. The van der Waals surface area contributed by atoms with E-state index < -0.39 is 12.7 Å². The summed E-state index contributed by atoms with van der Waals surface area (Å²) in [6, 6.07) is 0. The summed E-state index contributed by atoms with van der Waals surface area (Å²) in [5, 5.41) is 0. The lowest BCUT2D eigenvalue weighted by Crippen LogP contribution is -2.39. The van der Waals surface area contributed by atoms with Crippen molar-refractivity contribution in [3.05, 3.63) is 0 Å². The fraction of sp³-hybridized carbons (Fsp3) is 1.00. The number of hydrogen-bond donors (Lipinski definition) is 0. The van der Waals surface area contributed by atoms with Gasteiger partial charge in [-0.05, 0) is 31.8 Å². The van der Waals surface area contributed by atoms with E-state index in [-0.39, 0.29) is 0 Å². The third-order valence-electron chi connectivity index (χ3n) is 2.69. The van der Waals surface area contributed by atoms with Gasteiger partial charge in [0.1, 0.15) is 0 Å². The van der Waals surface area contributed by atoms with Crippen molar-refractivity contribution >= 4 is 9.24 Å². The summed E-state index contributed by atoms with van der Waals surface area (Å²) in [5.74, 6) is 0.643. The molecule has 0 saturated carbocycles. The summed E-state index contributed by atoms with van der Waals surface area (Å²) in [6.45, 7) is 4.50. The van der Waals surface area contributed by atoms with Crippen LogP contribution in [0.4, 0.5) is 13.2 Å². The molecule has 1 atom stereocenters. The van der Waals surface area contributed by atoms with Crippen LogP contribution >= 0.6 is 9.24 Å². The van der Waals surface area contributed by atoms with Crippen LogP contribution in [0.2, 0.25) is 0 Å². The van der Waals surface area contributed by atoms with Crippen molar-refractivity contribution in [3.63, 3.8) is 0 Å². The molecule has 0 amide bonds. The van der Waals surface area contributed by atoms with E-state index in [0.717, 1.165) is 19.3 Å². The number of halogens is 3. The highest BCUT2D eigenvalue weighted by Gasteiger charge is 2.32. The fourth-order valence-electron chi connectivity index (χ4n) is 1.81. The Kier molecular flexibility index (Phi) is 7.54. The van der Waals surface area contributed by atoms with Gasteiger partial charge in [-0.15, -0.1) is 9.24 Å². The Morgan fingerprint density at radius 2 is 1.67 bits per heavy atom. The standard InChI is InChI=1S/C9H16F3N.CH5P/c1-2-8-3-5-13(6-4-8)7-9(10,11)12;1-2/h8H,2-7H2,1H3;2H2,1H3. The Bertz CT molecular complexity index is 153. The lowest BCUT2D eigenvalue weighted by molar-refractivity contribution is -0.148. The molecule has 1 unspecified atom stereocenters. The van der Waals surface area contributed by atoms with Crippen LogP contribution in [0, 0.1) is 5.92 Å². The molecule has 0 aromatic carbocycles. The third-order valence-corrected chi connectivity index (χ3v) is 2.69. The molecule has 1 aliphatic rings. The number of rotatable bonds is 2. The van der Waals surface area contributed by atoms with Crippen molar-refractivity contribution in [3.8, 4) is 0 Å². The number of hydrogen-bond acceptors (Lipinski definition) is 1. The highest BCUT2D eigenvalue weighted by Crippen LogP contribution is 2.23. The monoisotopic (exact) mass is 243 g/mol. The van der Waals surface area contributed by atoms with Crippen LogP contribution in [-0.4, -0.2) is 37.4 Å². The lowest BCUT2D eigenvalue weighted by Gasteiger charge is -2.31. The summed E-state index contributed by atoms with van der Waals surface area (Å²) in [5.41, 5.74) is 0. The van der Waals surface area contributed by atoms with Crippen LogP contribution in [0.5, 0.6) is 0 Å². The van der Waals surface area contributed by atoms with E-state index in [9.17, 15) is 13.2 Å². The van der Waals surface area contributed by atoms with Gasteiger partial charge in [0.25, 0.3) is 0 Å². The summed E-state index contributed by atoms with van der Waals surface area (Å²) in [7, 11) is 2.42. The van der Waals surface area contributed by atoms with Crippen molar-refractivity contribution in [2.24, 2.45) is 5.92 Å². The van der Waals surface area contributed by atoms with E-state index in [1.54, 1.807) is 0 Å². The first kappa shape index (κ1) is 15.2. The molecule has 0 aromatic rings. The summed E-state index contributed by atoms with van der Waals surface area (Å²) < 4.78 is 35.9. The molecule has 1 saturated heterocycles. The van der Waals surface area contributed by atoms with E-state index in [4.69, 9.17) is 0 Å². The van der Waals surface area contributed by atoms with Gasteiger partial charge in [0.2, 0.25) is 0 Å². The Morgan fingerprint density at radius 3 is 2.00 bits per heavy atom. The highest BCUT2D eigenvalue weighted by molar-refractivity contribution is 7.15. The molecule has 0 aromatic heterocycles. The van der Waals surface area contributed by atoms with Crippen LogP contribution in [-0.2, 0) is 0 Å². The van der Waals surface area contributed by atoms with Gasteiger partial charge >= 0.3 is 6.18 Å². The van der Waals surface area contributed by atoms with Crippen LogP contribution in [0.25, 0.3) is 0 Å². The minimum absolute atomic E-state index is 0.609. The van der Waals surface area contributed by atoms with Gasteiger partial charge in [0, 0.05) is 0 Å². The summed E-state index contributed by atoms with van der Waals surface area (Å²) >= 11 is 0. The van der Waals surface area contributed by atoms with Crippen molar-refractivity contribution < 1.29 is 13.2 Å². The topological polar surface area (TPSA) is 3.24 Å². The molecule has 1 fully saturated rings.